The molecule has 0 unspecified atom stereocenters. The molecule has 0 fully saturated rings. The molecule has 0 aromatic carbocycles. The van der Waals surface area contributed by atoms with E-state index in [9.17, 15) is 4.79 Å². The highest BCUT2D eigenvalue weighted by atomic mass is 16.1. The van der Waals surface area contributed by atoms with Gasteiger partial charge >= 0.3 is 0 Å². The summed E-state index contributed by atoms with van der Waals surface area (Å²) in [6.07, 6.45) is 4.27. The average molecular weight is 245 g/mol. The van der Waals surface area contributed by atoms with Crippen LogP contribution in [0.4, 0.5) is 0 Å². The number of amides is 1. The molecule has 2 heterocycles. The van der Waals surface area contributed by atoms with Crippen molar-refractivity contribution >= 4 is 5.91 Å². The number of carbonyl (C=O) groups is 1. The maximum absolute atomic E-state index is 11.4. The normalized spacial score (nSPS) is 10.3. The molecule has 0 aliphatic carbocycles. The molecule has 0 aliphatic heterocycles. The number of nitrogens with zero attached hydrogens (tertiary/aromatic N) is 3. The molecule has 0 atom stereocenters. The van der Waals surface area contributed by atoms with Gasteiger partial charge in [-0.1, -0.05) is 6.07 Å². The van der Waals surface area contributed by atoms with E-state index in [0.29, 0.717) is 18.1 Å². The predicted octanol–water partition coefficient (Wildman–Crippen LogP) is 0.128. The molecule has 0 bridgehead atoms. The van der Waals surface area contributed by atoms with E-state index in [1.54, 1.807) is 30.2 Å². The monoisotopic (exact) mass is 245 g/mol. The maximum Gasteiger partial charge on any atom is 0.271 e. The first-order chi connectivity index (χ1) is 8.74. The van der Waals surface area contributed by atoms with E-state index in [4.69, 9.17) is 5.73 Å². The zero-order valence-corrected chi connectivity index (χ0v) is 10.1. The van der Waals surface area contributed by atoms with E-state index in [1.807, 2.05) is 12.1 Å². The standard InChI is InChI=1S/C12H15N5O/c1-14-12(18)10-5-7-17(16-10)11-3-2-9(4-6-13)8-15-11/h2-3,5,7-8H,4,6,13H2,1H3,(H,14,18). The summed E-state index contributed by atoms with van der Waals surface area (Å²) in [6.45, 7) is 0.601. The van der Waals surface area contributed by atoms with Gasteiger partial charge in [0.25, 0.3) is 5.91 Å². The second-order valence-corrected chi connectivity index (χ2v) is 3.79. The number of carbonyl (C=O) groups excluding carboxylic acids is 1. The lowest BCUT2D eigenvalue weighted by molar-refractivity contribution is 0.0957. The molecule has 0 saturated heterocycles. The molecular formula is C12H15N5O. The SMILES string of the molecule is CNC(=O)c1ccn(-c2ccc(CCN)cn2)n1. The van der Waals surface area contributed by atoms with Crippen molar-refractivity contribution in [3.8, 4) is 5.82 Å². The van der Waals surface area contributed by atoms with Crippen molar-refractivity contribution in [2.24, 2.45) is 5.73 Å². The lowest BCUT2D eigenvalue weighted by Gasteiger charge is -2.02. The maximum atomic E-state index is 11.4. The Hall–Kier alpha value is -2.21. The lowest BCUT2D eigenvalue weighted by Crippen LogP contribution is -2.18. The summed E-state index contributed by atoms with van der Waals surface area (Å²) in [5.41, 5.74) is 6.92. The van der Waals surface area contributed by atoms with E-state index in [0.717, 1.165) is 12.0 Å². The fourth-order valence-electron chi connectivity index (χ4n) is 1.57. The Balaban J connectivity index is 2.20. The van der Waals surface area contributed by atoms with Gasteiger partial charge in [0.15, 0.2) is 11.5 Å². The van der Waals surface area contributed by atoms with Crippen molar-refractivity contribution in [2.75, 3.05) is 13.6 Å². The highest BCUT2D eigenvalue weighted by molar-refractivity contribution is 5.91. The van der Waals surface area contributed by atoms with Crippen LogP contribution in [0.3, 0.4) is 0 Å². The van der Waals surface area contributed by atoms with Gasteiger partial charge in [-0.3, -0.25) is 4.79 Å². The molecular weight excluding hydrogens is 230 g/mol. The molecule has 1 amide bonds. The van der Waals surface area contributed by atoms with Gasteiger partial charge in [-0.2, -0.15) is 5.10 Å². The molecule has 2 aromatic rings. The van der Waals surface area contributed by atoms with Crippen molar-refractivity contribution < 1.29 is 4.79 Å². The van der Waals surface area contributed by atoms with Crippen LogP contribution in [0.1, 0.15) is 16.1 Å². The predicted molar refractivity (Wildman–Crippen MR) is 67.5 cm³/mol. The third kappa shape index (κ3) is 2.54. The van der Waals surface area contributed by atoms with Gasteiger partial charge in [-0.15, -0.1) is 0 Å². The summed E-state index contributed by atoms with van der Waals surface area (Å²) in [5.74, 6) is 0.458. The van der Waals surface area contributed by atoms with E-state index in [-0.39, 0.29) is 5.91 Å². The summed E-state index contributed by atoms with van der Waals surface area (Å²) in [7, 11) is 1.57. The molecule has 2 rings (SSSR count). The first-order valence-electron chi connectivity index (χ1n) is 5.67. The summed E-state index contributed by atoms with van der Waals surface area (Å²) in [5, 5.41) is 6.67. The Bertz CT molecular complexity index is 532. The van der Waals surface area contributed by atoms with Gasteiger partial charge in [-0.05, 0) is 30.7 Å². The minimum atomic E-state index is -0.214. The molecule has 3 N–H and O–H groups in total. The Kier molecular flexibility index (Phi) is 3.69. The molecule has 0 radical (unpaired) electrons. The Morgan fingerprint density at radius 3 is 2.89 bits per heavy atom. The van der Waals surface area contributed by atoms with Crippen LogP contribution in [-0.4, -0.2) is 34.3 Å². The number of aromatic nitrogens is 3. The second kappa shape index (κ2) is 5.42. The fourth-order valence-corrected chi connectivity index (χ4v) is 1.57. The van der Waals surface area contributed by atoms with Crippen molar-refractivity contribution in [2.45, 2.75) is 6.42 Å². The van der Waals surface area contributed by atoms with Gasteiger partial charge < -0.3 is 11.1 Å². The summed E-state index contributed by atoms with van der Waals surface area (Å²) in [6, 6.07) is 5.45. The number of nitrogens with two attached hydrogens (primary N) is 1. The van der Waals surface area contributed by atoms with E-state index in [2.05, 4.69) is 15.4 Å². The number of pyridine rings is 1. The number of hydrogen-bond donors (Lipinski definition) is 2. The molecule has 0 saturated carbocycles. The molecule has 18 heavy (non-hydrogen) atoms. The number of rotatable bonds is 4. The van der Waals surface area contributed by atoms with Crippen LogP contribution in [0, 0.1) is 0 Å². The minimum absolute atomic E-state index is 0.214. The van der Waals surface area contributed by atoms with Crippen molar-refractivity contribution in [3.63, 3.8) is 0 Å². The van der Waals surface area contributed by atoms with Crippen LogP contribution in [0.2, 0.25) is 0 Å². The quantitative estimate of drug-likeness (QED) is 0.801. The summed E-state index contributed by atoms with van der Waals surface area (Å²) < 4.78 is 1.57. The van der Waals surface area contributed by atoms with Crippen LogP contribution >= 0.6 is 0 Å². The van der Waals surface area contributed by atoms with Crippen LogP contribution in [0.5, 0.6) is 0 Å². The van der Waals surface area contributed by atoms with Gasteiger partial charge in [0.05, 0.1) is 0 Å². The smallest absolute Gasteiger partial charge is 0.271 e. The largest absolute Gasteiger partial charge is 0.354 e. The van der Waals surface area contributed by atoms with Crippen LogP contribution < -0.4 is 11.1 Å². The molecule has 6 nitrogen and oxygen atoms in total. The van der Waals surface area contributed by atoms with Crippen LogP contribution in [-0.2, 0) is 6.42 Å². The van der Waals surface area contributed by atoms with Gasteiger partial charge in [0, 0.05) is 19.4 Å². The first-order valence-corrected chi connectivity index (χ1v) is 5.67. The topological polar surface area (TPSA) is 85.8 Å². The Morgan fingerprint density at radius 1 is 1.44 bits per heavy atom. The van der Waals surface area contributed by atoms with Crippen LogP contribution in [0.15, 0.2) is 30.6 Å². The van der Waals surface area contributed by atoms with Crippen molar-refractivity contribution in [3.05, 3.63) is 41.9 Å². The summed E-state index contributed by atoms with van der Waals surface area (Å²) in [4.78, 5) is 15.7. The highest BCUT2D eigenvalue weighted by Crippen LogP contribution is 2.06. The Labute approximate surface area is 105 Å². The molecule has 6 heteroatoms. The fraction of sp³-hybridized carbons (Fsp3) is 0.250. The second-order valence-electron chi connectivity index (χ2n) is 3.79. The van der Waals surface area contributed by atoms with E-state index in [1.165, 1.54) is 0 Å². The highest BCUT2D eigenvalue weighted by Gasteiger charge is 2.08. The molecule has 2 aromatic heterocycles. The van der Waals surface area contributed by atoms with Gasteiger partial charge in [-0.25, -0.2) is 9.67 Å². The molecule has 94 valence electrons. The number of nitrogens with one attached hydrogen (secondary N) is 1. The zero-order chi connectivity index (χ0) is 13.0. The third-order valence-electron chi connectivity index (χ3n) is 2.53. The molecule has 0 spiro atoms. The van der Waals surface area contributed by atoms with Crippen molar-refractivity contribution in [1.82, 2.24) is 20.1 Å². The first kappa shape index (κ1) is 12.3. The number of hydrogen-bond acceptors (Lipinski definition) is 4. The lowest BCUT2D eigenvalue weighted by atomic mass is 10.2. The Morgan fingerprint density at radius 2 is 2.28 bits per heavy atom. The third-order valence-corrected chi connectivity index (χ3v) is 2.53. The summed E-state index contributed by atoms with van der Waals surface area (Å²) >= 11 is 0. The van der Waals surface area contributed by atoms with E-state index >= 15 is 0 Å². The average Bonchev–Trinajstić information content (AvgIpc) is 2.89. The minimum Gasteiger partial charge on any atom is -0.354 e. The van der Waals surface area contributed by atoms with Gasteiger partial charge in [0.1, 0.15) is 0 Å². The van der Waals surface area contributed by atoms with Gasteiger partial charge in [0.2, 0.25) is 0 Å². The van der Waals surface area contributed by atoms with Crippen LogP contribution in [0.25, 0.3) is 5.82 Å². The van der Waals surface area contributed by atoms with E-state index < -0.39 is 0 Å². The molecule has 0 aliphatic rings. The van der Waals surface area contributed by atoms with Crippen molar-refractivity contribution in [1.29, 1.82) is 0 Å². The zero-order valence-electron chi connectivity index (χ0n) is 10.1.